The number of methoxy groups -OCH3 is 2. The van der Waals surface area contributed by atoms with E-state index in [1.807, 2.05) is 43.5 Å². The Morgan fingerprint density at radius 3 is 2.54 bits per heavy atom. The van der Waals surface area contributed by atoms with E-state index in [0.29, 0.717) is 17.1 Å². The number of ether oxygens (including phenoxy) is 3. The fourth-order valence-electron chi connectivity index (χ4n) is 2.53. The summed E-state index contributed by atoms with van der Waals surface area (Å²) < 4.78 is 16.0. The minimum absolute atomic E-state index is 0.150. The van der Waals surface area contributed by atoms with Crippen molar-refractivity contribution in [3.8, 4) is 22.1 Å². The first-order valence-electron chi connectivity index (χ1n) is 7.92. The molecule has 0 saturated heterocycles. The highest BCUT2D eigenvalue weighted by Crippen LogP contribution is 2.33. The van der Waals surface area contributed by atoms with Crippen LogP contribution in [0.15, 0.2) is 29.6 Å². The number of aryl methyl sites for hydroxylation is 2. The van der Waals surface area contributed by atoms with E-state index in [1.165, 1.54) is 11.3 Å². The van der Waals surface area contributed by atoms with Crippen molar-refractivity contribution in [2.24, 2.45) is 0 Å². The number of benzene rings is 1. The lowest BCUT2D eigenvalue weighted by molar-refractivity contribution is 0.0468. The molecule has 2 aromatic heterocycles. The molecule has 0 aliphatic heterocycles. The lowest BCUT2D eigenvalue weighted by Gasteiger charge is -2.08. The average Bonchev–Trinajstić information content (AvgIpc) is 3.25. The summed E-state index contributed by atoms with van der Waals surface area (Å²) >= 11 is 3.08. The fourth-order valence-corrected chi connectivity index (χ4v) is 4.24. The molecule has 136 valence electrons. The second-order valence-corrected chi connectivity index (χ2v) is 7.94. The van der Waals surface area contributed by atoms with Crippen LogP contribution in [-0.4, -0.2) is 25.2 Å². The van der Waals surface area contributed by atoms with Crippen LogP contribution in [0.4, 0.5) is 0 Å². The molecule has 0 fully saturated rings. The first-order valence-corrected chi connectivity index (χ1v) is 9.62. The fraction of sp³-hybridized carbons (Fsp3) is 0.263. The molecule has 0 atom stereocenters. The van der Waals surface area contributed by atoms with Gasteiger partial charge in [0.25, 0.3) is 0 Å². The van der Waals surface area contributed by atoms with E-state index in [1.54, 1.807) is 25.6 Å². The molecular formula is C19H19NO4S2. The van der Waals surface area contributed by atoms with Crippen LogP contribution < -0.4 is 9.47 Å². The van der Waals surface area contributed by atoms with Gasteiger partial charge in [0, 0.05) is 20.7 Å². The van der Waals surface area contributed by atoms with Crippen LogP contribution in [0.2, 0.25) is 0 Å². The van der Waals surface area contributed by atoms with Gasteiger partial charge in [-0.2, -0.15) is 0 Å². The third kappa shape index (κ3) is 3.89. The number of thiophene rings is 1. The Labute approximate surface area is 160 Å². The van der Waals surface area contributed by atoms with Crippen molar-refractivity contribution in [1.29, 1.82) is 0 Å². The molecule has 0 saturated carbocycles. The molecule has 0 aliphatic carbocycles. The Bertz CT molecular complexity index is 930. The number of hydrogen-bond acceptors (Lipinski definition) is 7. The smallest absolute Gasteiger partial charge is 0.339 e. The van der Waals surface area contributed by atoms with E-state index >= 15 is 0 Å². The molecule has 0 bridgehead atoms. The Balaban J connectivity index is 1.70. The molecule has 0 N–H and O–H groups in total. The molecule has 1 aromatic carbocycles. The van der Waals surface area contributed by atoms with Crippen molar-refractivity contribution < 1.29 is 19.0 Å². The number of esters is 1. The first kappa shape index (κ1) is 18.4. The zero-order valence-corrected chi connectivity index (χ0v) is 16.6. The number of nitrogens with zero attached hydrogens (tertiary/aromatic N) is 1. The van der Waals surface area contributed by atoms with Gasteiger partial charge in [-0.3, -0.25) is 0 Å². The maximum Gasteiger partial charge on any atom is 0.339 e. The third-order valence-corrected chi connectivity index (χ3v) is 5.70. The lowest BCUT2D eigenvalue weighted by Crippen LogP contribution is -2.05. The minimum atomic E-state index is -0.312. The highest BCUT2D eigenvalue weighted by atomic mass is 32.1. The summed E-state index contributed by atoms with van der Waals surface area (Å²) in [6.07, 6.45) is 0. The topological polar surface area (TPSA) is 57.7 Å². The second kappa shape index (κ2) is 7.88. The Morgan fingerprint density at radius 2 is 1.88 bits per heavy atom. The zero-order chi connectivity index (χ0) is 18.7. The van der Waals surface area contributed by atoms with Crippen LogP contribution in [0.5, 0.6) is 11.5 Å². The zero-order valence-electron chi connectivity index (χ0n) is 15.0. The van der Waals surface area contributed by atoms with Crippen molar-refractivity contribution in [1.82, 2.24) is 4.98 Å². The molecule has 0 unspecified atom stereocenters. The first-order chi connectivity index (χ1) is 12.5. The lowest BCUT2D eigenvalue weighted by atomic mass is 10.2. The van der Waals surface area contributed by atoms with E-state index in [4.69, 9.17) is 14.2 Å². The van der Waals surface area contributed by atoms with Gasteiger partial charge in [-0.15, -0.1) is 22.7 Å². The summed E-state index contributed by atoms with van der Waals surface area (Å²) in [6, 6.07) is 7.51. The largest absolute Gasteiger partial charge is 0.493 e. The predicted molar refractivity (Wildman–Crippen MR) is 104 cm³/mol. The summed E-state index contributed by atoms with van der Waals surface area (Å²) in [5.74, 6) is 1.01. The molecule has 5 nitrogen and oxygen atoms in total. The summed E-state index contributed by atoms with van der Waals surface area (Å²) in [4.78, 5) is 18.8. The van der Waals surface area contributed by atoms with Gasteiger partial charge < -0.3 is 14.2 Å². The summed E-state index contributed by atoms with van der Waals surface area (Å²) in [6.45, 7) is 4.05. The number of aromatic nitrogens is 1. The van der Waals surface area contributed by atoms with Gasteiger partial charge in [0.05, 0.1) is 25.5 Å². The standard InChI is InChI=1S/C19H19NO4S2/c1-11-7-15(12(2)26-11)19(21)24-9-14-10-25-18(20-14)13-5-6-16(22-3)17(8-13)23-4/h5-8,10H,9H2,1-4H3. The van der Waals surface area contributed by atoms with Gasteiger partial charge in [0.2, 0.25) is 0 Å². The molecular weight excluding hydrogens is 370 g/mol. The van der Waals surface area contributed by atoms with Gasteiger partial charge in [0.1, 0.15) is 11.6 Å². The minimum Gasteiger partial charge on any atom is -0.493 e. The van der Waals surface area contributed by atoms with Crippen molar-refractivity contribution in [3.05, 3.63) is 50.7 Å². The maximum atomic E-state index is 12.2. The van der Waals surface area contributed by atoms with Crippen molar-refractivity contribution in [2.45, 2.75) is 20.5 Å². The quantitative estimate of drug-likeness (QED) is 0.563. The highest BCUT2D eigenvalue weighted by molar-refractivity contribution is 7.13. The van der Waals surface area contributed by atoms with E-state index in [0.717, 1.165) is 26.0 Å². The molecule has 0 radical (unpaired) electrons. The summed E-state index contributed by atoms with van der Waals surface area (Å²) in [5.41, 5.74) is 2.27. The molecule has 26 heavy (non-hydrogen) atoms. The van der Waals surface area contributed by atoms with E-state index < -0.39 is 0 Å². The van der Waals surface area contributed by atoms with Crippen LogP contribution in [0.3, 0.4) is 0 Å². The summed E-state index contributed by atoms with van der Waals surface area (Å²) in [7, 11) is 3.20. The van der Waals surface area contributed by atoms with Crippen molar-refractivity contribution in [2.75, 3.05) is 14.2 Å². The number of thiazole rings is 1. The Hall–Kier alpha value is -2.38. The van der Waals surface area contributed by atoms with Crippen LogP contribution in [0.25, 0.3) is 10.6 Å². The SMILES string of the molecule is COc1ccc(-c2nc(COC(=O)c3cc(C)sc3C)cs2)cc1OC. The molecule has 0 aliphatic rings. The monoisotopic (exact) mass is 389 g/mol. The van der Waals surface area contributed by atoms with Crippen LogP contribution in [0.1, 0.15) is 25.8 Å². The van der Waals surface area contributed by atoms with Crippen LogP contribution >= 0.6 is 22.7 Å². The molecule has 0 amide bonds. The maximum absolute atomic E-state index is 12.2. The summed E-state index contributed by atoms with van der Waals surface area (Å²) in [5, 5.41) is 2.73. The normalized spacial score (nSPS) is 10.6. The van der Waals surface area contributed by atoms with Crippen molar-refractivity contribution >= 4 is 28.6 Å². The Kier molecular flexibility index (Phi) is 5.58. The molecule has 7 heteroatoms. The van der Waals surface area contributed by atoms with Crippen molar-refractivity contribution in [3.63, 3.8) is 0 Å². The molecule has 2 heterocycles. The number of carbonyl (C=O) groups is 1. The molecule has 3 aromatic rings. The van der Waals surface area contributed by atoms with Gasteiger partial charge in [-0.05, 0) is 38.1 Å². The second-order valence-electron chi connectivity index (χ2n) is 5.62. The molecule has 3 rings (SSSR count). The molecule has 0 spiro atoms. The number of rotatable bonds is 6. The van der Waals surface area contributed by atoms with Crippen LogP contribution in [-0.2, 0) is 11.3 Å². The number of carbonyl (C=O) groups excluding carboxylic acids is 1. The third-order valence-electron chi connectivity index (χ3n) is 3.79. The average molecular weight is 389 g/mol. The van der Waals surface area contributed by atoms with E-state index in [2.05, 4.69) is 4.98 Å². The van der Waals surface area contributed by atoms with E-state index in [-0.39, 0.29) is 12.6 Å². The van der Waals surface area contributed by atoms with Gasteiger partial charge >= 0.3 is 5.97 Å². The van der Waals surface area contributed by atoms with Gasteiger partial charge in [0.15, 0.2) is 11.5 Å². The number of hydrogen-bond donors (Lipinski definition) is 0. The van der Waals surface area contributed by atoms with E-state index in [9.17, 15) is 4.79 Å². The van der Waals surface area contributed by atoms with Gasteiger partial charge in [-0.1, -0.05) is 0 Å². The van der Waals surface area contributed by atoms with Gasteiger partial charge in [-0.25, -0.2) is 9.78 Å². The highest BCUT2D eigenvalue weighted by Gasteiger charge is 2.15. The van der Waals surface area contributed by atoms with Crippen LogP contribution in [0, 0.1) is 13.8 Å². The predicted octanol–water partition coefficient (Wildman–Crippen LogP) is 4.86. The Morgan fingerprint density at radius 1 is 1.12 bits per heavy atom.